The zero-order valence-electron chi connectivity index (χ0n) is 13.1. The van der Waals surface area contributed by atoms with Gasteiger partial charge in [-0.2, -0.15) is 4.31 Å². The minimum absolute atomic E-state index is 0.0246. The largest absolute Gasteiger partial charge is 0.478 e. The maximum Gasteiger partial charge on any atom is 0.336 e. The molecule has 1 unspecified atom stereocenters. The lowest BCUT2D eigenvalue weighted by atomic mass is 10.1. The van der Waals surface area contributed by atoms with Crippen LogP contribution in [0.1, 0.15) is 30.6 Å². The molecule has 1 aliphatic heterocycles. The number of rotatable bonds is 5. The summed E-state index contributed by atoms with van der Waals surface area (Å²) in [7, 11) is -3.70. The Morgan fingerprint density at radius 2 is 1.91 bits per heavy atom. The Balaban J connectivity index is 2.06. The zero-order chi connectivity index (χ0) is 17.2. The van der Waals surface area contributed by atoms with Crippen molar-refractivity contribution in [1.82, 2.24) is 9.21 Å². The first-order chi connectivity index (χ1) is 10.8. The Hall–Kier alpha value is -1.45. The number of hydrogen-bond donors (Lipinski definition) is 1. The van der Waals surface area contributed by atoms with Crippen LogP contribution < -0.4 is 0 Å². The number of amides is 1. The van der Waals surface area contributed by atoms with Crippen molar-refractivity contribution in [2.75, 3.05) is 26.2 Å². The third-order valence-electron chi connectivity index (χ3n) is 4.00. The molecule has 0 aromatic carbocycles. The maximum atomic E-state index is 12.5. The number of carbonyl (C=O) groups is 2. The predicted molar refractivity (Wildman–Crippen MR) is 86.1 cm³/mol. The van der Waals surface area contributed by atoms with Crippen LogP contribution in [-0.4, -0.2) is 60.8 Å². The number of piperazine rings is 1. The van der Waals surface area contributed by atoms with Gasteiger partial charge in [0.15, 0.2) is 0 Å². The van der Waals surface area contributed by atoms with Gasteiger partial charge in [-0.1, -0.05) is 13.8 Å². The Bertz CT molecular complexity index is 690. The molecular weight excluding hydrogens is 340 g/mol. The van der Waals surface area contributed by atoms with Crippen LogP contribution in [-0.2, 0) is 14.8 Å². The number of aromatic carboxylic acids is 1. The van der Waals surface area contributed by atoms with E-state index in [1.807, 2.05) is 13.8 Å². The number of carboxylic acids is 1. The first kappa shape index (κ1) is 17.9. The Kier molecular flexibility index (Phi) is 5.43. The second-order valence-corrected chi connectivity index (χ2v) is 8.57. The molecule has 1 amide bonds. The molecule has 9 heteroatoms. The molecule has 2 rings (SSSR count). The Morgan fingerprint density at radius 1 is 1.30 bits per heavy atom. The van der Waals surface area contributed by atoms with E-state index in [1.54, 1.807) is 4.90 Å². The Morgan fingerprint density at radius 3 is 2.39 bits per heavy atom. The van der Waals surface area contributed by atoms with Crippen molar-refractivity contribution >= 4 is 33.2 Å². The molecule has 0 aliphatic carbocycles. The molecule has 1 atom stereocenters. The molecule has 0 saturated carbocycles. The standard InChI is InChI=1S/C14H20N2O5S2/c1-3-10(2)13(17)15-4-6-16(7-5-15)23(20,21)12-8-11(9-22-12)14(18)19/h8-10H,3-7H2,1-2H3,(H,18,19). The third kappa shape index (κ3) is 3.73. The van der Waals surface area contributed by atoms with E-state index < -0.39 is 16.0 Å². The van der Waals surface area contributed by atoms with E-state index in [0.29, 0.717) is 13.1 Å². The highest BCUT2D eigenvalue weighted by molar-refractivity contribution is 7.91. The van der Waals surface area contributed by atoms with Crippen molar-refractivity contribution in [1.29, 1.82) is 0 Å². The quantitative estimate of drug-likeness (QED) is 0.855. The van der Waals surface area contributed by atoms with Gasteiger partial charge in [0.2, 0.25) is 5.91 Å². The fraction of sp³-hybridized carbons (Fsp3) is 0.571. The average Bonchev–Trinajstić information content (AvgIpc) is 3.04. The lowest BCUT2D eigenvalue weighted by Gasteiger charge is -2.34. The summed E-state index contributed by atoms with van der Waals surface area (Å²) in [6.07, 6.45) is 0.754. The highest BCUT2D eigenvalue weighted by Gasteiger charge is 2.32. The molecule has 0 bridgehead atoms. The number of nitrogens with zero attached hydrogens (tertiary/aromatic N) is 2. The summed E-state index contributed by atoms with van der Waals surface area (Å²) < 4.78 is 26.4. The summed E-state index contributed by atoms with van der Waals surface area (Å²) in [5.74, 6) is -1.16. The molecule has 1 aromatic rings. The van der Waals surface area contributed by atoms with Crippen LogP contribution in [0.2, 0.25) is 0 Å². The smallest absolute Gasteiger partial charge is 0.336 e. The molecule has 0 spiro atoms. The average molecular weight is 360 g/mol. The van der Waals surface area contributed by atoms with Crippen molar-refractivity contribution in [2.24, 2.45) is 5.92 Å². The van der Waals surface area contributed by atoms with Gasteiger partial charge in [-0.25, -0.2) is 13.2 Å². The van der Waals surface area contributed by atoms with Crippen molar-refractivity contribution in [3.8, 4) is 0 Å². The topological polar surface area (TPSA) is 95.0 Å². The van der Waals surface area contributed by atoms with Crippen molar-refractivity contribution in [3.63, 3.8) is 0 Å². The van der Waals surface area contributed by atoms with Gasteiger partial charge in [0.05, 0.1) is 5.56 Å². The minimum Gasteiger partial charge on any atom is -0.478 e. The van der Waals surface area contributed by atoms with E-state index in [9.17, 15) is 18.0 Å². The van der Waals surface area contributed by atoms with Gasteiger partial charge < -0.3 is 10.0 Å². The van der Waals surface area contributed by atoms with Crippen LogP contribution >= 0.6 is 11.3 Å². The van der Waals surface area contributed by atoms with Crippen LogP contribution in [0, 0.1) is 5.92 Å². The second kappa shape index (κ2) is 6.98. The number of carbonyl (C=O) groups excluding carboxylic acids is 1. The van der Waals surface area contributed by atoms with Gasteiger partial charge in [-0.15, -0.1) is 11.3 Å². The van der Waals surface area contributed by atoms with Gasteiger partial charge in [0.25, 0.3) is 10.0 Å². The lowest BCUT2D eigenvalue weighted by molar-refractivity contribution is -0.136. The van der Waals surface area contributed by atoms with Gasteiger partial charge in [0, 0.05) is 37.5 Å². The first-order valence-electron chi connectivity index (χ1n) is 7.38. The maximum absolute atomic E-state index is 12.5. The molecule has 1 fully saturated rings. The van der Waals surface area contributed by atoms with Gasteiger partial charge >= 0.3 is 5.97 Å². The Labute approximate surface area is 139 Å². The van der Waals surface area contributed by atoms with E-state index in [-0.39, 0.29) is 34.7 Å². The minimum atomic E-state index is -3.70. The van der Waals surface area contributed by atoms with Crippen LogP contribution in [0.25, 0.3) is 0 Å². The summed E-state index contributed by atoms with van der Waals surface area (Å²) in [5.41, 5.74) is -0.0286. The molecule has 1 N–H and O–H groups in total. The normalized spacial score (nSPS) is 17.9. The highest BCUT2D eigenvalue weighted by Crippen LogP contribution is 2.25. The number of carboxylic acid groups (broad SMARTS) is 1. The van der Waals surface area contributed by atoms with Gasteiger partial charge in [0.1, 0.15) is 4.21 Å². The lowest BCUT2D eigenvalue weighted by Crippen LogP contribution is -2.51. The SMILES string of the molecule is CCC(C)C(=O)N1CCN(S(=O)(=O)c2cc(C(=O)O)cs2)CC1. The van der Waals surface area contributed by atoms with Crippen molar-refractivity contribution in [3.05, 3.63) is 17.0 Å². The van der Waals surface area contributed by atoms with E-state index in [4.69, 9.17) is 5.11 Å². The summed E-state index contributed by atoms with van der Waals surface area (Å²) in [4.78, 5) is 24.7. The molecular formula is C14H20N2O5S2. The molecule has 1 saturated heterocycles. The molecule has 2 heterocycles. The first-order valence-corrected chi connectivity index (χ1v) is 9.70. The summed E-state index contributed by atoms with van der Waals surface area (Å²) in [5, 5.41) is 10.2. The number of sulfonamides is 1. The predicted octanol–water partition coefficient (Wildman–Crippen LogP) is 1.33. The van der Waals surface area contributed by atoms with Crippen molar-refractivity contribution < 1.29 is 23.1 Å². The molecule has 1 aromatic heterocycles. The molecule has 23 heavy (non-hydrogen) atoms. The number of thiophene rings is 1. The molecule has 128 valence electrons. The van der Waals surface area contributed by atoms with Crippen molar-refractivity contribution in [2.45, 2.75) is 24.5 Å². The van der Waals surface area contributed by atoms with E-state index in [2.05, 4.69) is 0 Å². The van der Waals surface area contributed by atoms with Crippen LogP contribution in [0.5, 0.6) is 0 Å². The van der Waals surface area contributed by atoms with E-state index in [0.717, 1.165) is 17.8 Å². The van der Waals surface area contributed by atoms with Crippen LogP contribution in [0.4, 0.5) is 0 Å². The monoisotopic (exact) mass is 360 g/mol. The summed E-state index contributed by atoms with van der Waals surface area (Å²) in [6.45, 7) is 4.99. The van der Waals surface area contributed by atoms with Crippen LogP contribution in [0.15, 0.2) is 15.7 Å². The summed E-state index contributed by atoms with van der Waals surface area (Å²) in [6, 6.07) is 1.18. The van der Waals surface area contributed by atoms with Crippen LogP contribution in [0.3, 0.4) is 0 Å². The zero-order valence-corrected chi connectivity index (χ0v) is 14.7. The molecule has 7 nitrogen and oxygen atoms in total. The fourth-order valence-corrected chi connectivity index (χ4v) is 5.05. The van der Waals surface area contributed by atoms with Gasteiger partial charge in [-0.05, 0) is 12.5 Å². The highest BCUT2D eigenvalue weighted by atomic mass is 32.2. The number of hydrogen-bond acceptors (Lipinski definition) is 5. The van der Waals surface area contributed by atoms with E-state index in [1.165, 1.54) is 15.8 Å². The molecule has 0 radical (unpaired) electrons. The van der Waals surface area contributed by atoms with Gasteiger partial charge in [-0.3, -0.25) is 4.79 Å². The summed E-state index contributed by atoms with van der Waals surface area (Å²) >= 11 is 0.903. The second-order valence-electron chi connectivity index (χ2n) is 5.50. The third-order valence-corrected chi connectivity index (χ3v) is 7.31. The fourth-order valence-electron chi connectivity index (χ4n) is 2.33. The van der Waals surface area contributed by atoms with E-state index >= 15 is 0 Å². The molecule has 1 aliphatic rings.